The zero-order chi connectivity index (χ0) is 8.97. The summed E-state index contributed by atoms with van der Waals surface area (Å²) in [5.41, 5.74) is 7.02. The summed E-state index contributed by atoms with van der Waals surface area (Å²) in [4.78, 5) is 0. The van der Waals surface area contributed by atoms with Crippen LogP contribution in [0.15, 0.2) is 41.4 Å². The van der Waals surface area contributed by atoms with Crippen LogP contribution in [-0.4, -0.2) is 0 Å². The molecular formula is C10H12BrN. The van der Waals surface area contributed by atoms with Crippen molar-refractivity contribution in [1.29, 1.82) is 0 Å². The Balaban J connectivity index is 2.74. The predicted octanol–water partition coefficient (Wildman–Crippen LogP) is 3.03. The second-order valence-corrected chi connectivity index (χ2v) is 3.60. The Morgan fingerprint density at radius 3 is 2.50 bits per heavy atom. The molecule has 0 unspecified atom stereocenters. The Morgan fingerprint density at radius 2 is 2.00 bits per heavy atom. The minimum Gasteiger partial charge on any atom is -0.324 e. The first-order valence-electron chi connectivity index (χ1n) is 3.86. The number of rotatable bonds is 3. The van der Waals surface area contributed by atoms with E-state index in [0.717, 1.165) is 16.5 Å². The largest absolute Gasteiger partial charge is 0.324 e. The van der Waals surface area contributed by atoms with Crippen LogP contribution in [0.25, 0.3) is 0 Å². The van der Waals surface area contributed by atoms with E-state index in [-0.39, 0.29) is 6.04 Å². The fraction of sp³-hybridized carbons (Fsp3) is 0.200. The Kier molecular flexibility index (Phi) is 3.50. The van der Waals surface area contributed by atoms with Crippen LogP contribution in [0.4, 0.5) is 0 Å². The van der Waals surface area contributed by atoms with Crippen LogP contribution in [0.5, 0.6) is 0 Å². The van der Waals surface area contributed by atoms with Gasteiger partial charge in [0.05, 0.1) is 0 Å². The van der Waals surface area contributed by atoms with Gasteiger partial charge in [-0.1, -0.05) is 34.1 Å². The molecule has 1 nitrogen and oxygen atoms in total. The summed E-state index contributed by atoms with van der Waals surface area (Å²) in [5.74, 6) is 0. The van der Waals surface area contributed by atoms with Crippen LogP contribution in [0, 0.1) is 0 Å². The van der Waals surface area contributed by atoms with E-state index in [1.807, 2.05) is 30.3 Å². The van der Waals surface area contributed by atoms with E-state index in [9.17, 15) is 0 Å². The van der Waals surface area contributed by atoms with Crippen LogP contribution in [-0.2, 0) is 0 Å². The lowest BCUT2D eigenvalue weighted by Crippen LogP contribution is -2.08. The van der Waals surface area contributed by atoms with Gasteiger partial charge in [0.25, 0.3) is 0 Å². The van der Waals surface area contributed by atoms with Crippen molar-refractivity contribution in [2.45, 2.75) is 12.5 Å². The van der Waals surface area contributed by atoms with Gasteiger partial charge in [0.15, 0.2) is 0 Å². The minimum absolute atomic E-state index is 0.0793. The summed E-state index contributed by atoms with van der Waals surface area (Å²) in [5, 5.41) is 0. The van der Waals surface area contributed by atoms with Gasteiger partial charge in [-0.05, 0) is 24.1 Å². The van der Waals surface area contributed by atoms with Gasteiger partial charge in [-0.3, -0.25) is 0 Å². The predicted molar refractivity (Wildman–Crippen MR) is 55.9 cm³/mol. The van der Waals surface area contributed by atoms with E-state index in [2.05, 4.69) is 22.5 Å². The highest BCUT2D eigenvalue weighted by atomic mass is 79.9. The van der Waals surface area contributed by atoms with Crippen molar-refractivity contribution in [3.8, 4) is 0 Å². The van der Waals surface area contributed by atoms with Crippen LogP contribution in [0.2, 0.25) is 0 Å². The molecule has 0 aliphatic rings. The highest BCUT2D eigenvalue weighted by Gasteiger charge is 2.01. The number of benzene rings is 1. The first kappa shape index (κ1) is 9.49. The van der Waals surface area contributed by atoms with Crippen LogP contribution in [0.1, 0.15) is 18.0 Å². The van der Waals surface area contributed by atoms with E-state index in [4.69, 9.17) is 5.73 Å². The van der Waals surface area contributed by atoms with Gasteiger partial charge in [-0.25, -0.2) is 0 Å². The molecule has 0 spiro atoms. The van der Waals surface area contributed by atoms with E-state index in [1.54, 1.807) is 0 Å². The zero-order valence-corrected chi connectivity index (χ0v) is 8.42. The average Bonchev–Trinajstić information content (AvgIpc) is 2.06. The number of hydrogen-bond acceptors (Lipinski definition) is 1. The van der Waals surface area contributed by atoms with Gasteiger partial charge in [-0.15, -0.1) is 6.58 Å². The van der Waals surface area contributed by atoms with E-state index < -0.39 is 0 Å². The van der Waals surface area contributed by atoms with Crippen molar-refractivity contribution < 1.29 is 0 Å². The Hall–Kier alpha value is -0.600. The topological polar surface area (TPSA) is 26.0 Å². The summed E-state index contributed by atoms with van der Waals surface area (Å²) >= 11 is 3.37. The van der Waals surface area contributed by atoms with Crippen molar-refractivity contribution in [2.75, 3.05) is 0 Å². The maximum absolute atomic E-state index is 5.87. The van der Waals surface area contributed by atoms with Gasteiger partial charge < -0.3 is 5.73 Å². The van der Waals surface area contributed by atoms with E-state index in [1.165, 1.54) is 0 Å². The molecule has 0 saturated carbocycles. The normalized spacial score (nSPS) is 12.5. The second-order valence-electron chi connectivity index (χ2n) is 2.68. The molecular weight excluding hydrogens is 214 g/mol. The molecule has 0 saturated heterocycles. The average molecular weight is 226 g/mol. The molecule has 64 valence electrons. The van der Waals surface area contributed by atoms with Gasteiger partial charge in [0.2, 0.25) is 0 Å². The van der Waals surface area contributed by atoms with Crippen molar-refractivity contribution in [2.24, 2.45) is 5.73 Å². The lowest BCUT2D eigenvalue weighted by atomic mass is 10.1. The standard InChI is InChI=1S/C10H12BrN/c1-2-3-10(12)8-4-6-9(11)7-5-8/h2,4-7,10H,1,3,12H2/t10-/m1/s1. The molecule has 0 fully saturated rings. The quantitative estimate of drug-likeness (QED) is 0.787. The Bertz CT molecular complexity index is 253. The Morgan fingerprint density at radius 1 is 1.42 bits per heavy atom. The van der Waals surface area contributed by atoms with Crippen LogP contribution >= 0.6 is 15.9 Å². The lowest BCUT2D eigenvalue weighted by Gasteiger charge is -2.08. The summed E-state index contributed by atoms with van der Waals surface area (Å²) in [6.45, 7) is 3.65. The maximum atomic E-state index is 5.87. The van der Waals surface area contributed by atoms with Crippen molar-refractivity contribution in [1.82, 2.24) is 0 Å². The third-order valence-corrected chi connectivity index (χ3v) is 2.25. The molecule has 2 N–H and O–H groups in total. The summed E-state index contributed by atoms with van der Waals surface area (Å²) in [6, 6.07) is 8.13. The van der Waals surface area contributed by atoms with E-state index in [0.29, 0.717) is 0 Å². The first-order valence-corrected chi connectivity index (χ1v) is 4.65. The first-order chi connectivity index (χ1) is 5.74. The molecule has 0 bridgehead atoms. The van der Waals surface area contributed by atoms with Crippen molar-refractivity contribution >= 4 is 15.9 Å². The summed E-state index contributed by atoms with van der Waals surface area (Å²) in [6.07, 6.45) is 2.66. The summed E-state index contributed by atoms with van der Waals surface area (Å²) in [7, 11) is 0. The number of halogens is 1. The number of nitrogens with two attached hydrogens (primary N) is 1. The Labute approximate surface area is 81.4 Å². The van der Waals surface area contributed by atoms with E-state index >= 15 is 0 Å². The number of hydrogen-bond donors (Lipinski definition) is 1. The van der Waals surface area contributed by atoms with Crippen LogP contribution < -0.4 is 5.73 Å². The molecule has 0 heterocycles. The highest BCUT2D eigenvalue weighted by Crippen LogP contribution is 2.17. The molecule has 0 amide bonds. The SMILES string of the molecule is C=CC[C@@H](N)c1ccc(Br)cc1. The monoisotopic (exact) mass is 225 g/mol. The lowest BCUT2D eigenvalue weighted by molar-refractivity contribution is 0.742. The molecule has 0 aliphatic carbocycles. The highest BCUT2D eigenvalue weighted by molar-refractivity contribution is 9.10. The van der Waals surface area contributed by atoms with Gasteiger partial charge >= 0.3 is 0 Å². The second kappa shape index (κ2) is 4.43. The molecule has 0 aliphatic heterocycles. The molecule has 1 aromatic carbocycles. The third kappa shape index (κ3) is 2.47. The molecule has 12 heavy (non-hydrogen) atoms. The molecule has 1 atom stereocenters. The molecule has 2 heteroatoms. The van der Waals surface area contributed by atoms with Crippen molar-refractivity contribution in [3.05, 3.63) is 47.0 Å². The van der Waals surface area contributed by atoms with Gasteiger partial charge in [0, 0.05) is 10.5 Å². The maximum Gasteiger partial charge on any atom is 0.0329 e. The van der Waals surface area contributed by atoms with Crippen LogP contribution in [0.3, 0.4) is 0 Å². The molecule has 1 aromatic rings. The molecule has 1 rings (SSSR count). The van der Waals surface area contributed by atoms with Gasteiger partial charge in [-0.2, -0.15) is 0 Å². The fourth-order valence-electron chi connectivity index (χ4n) is 1.03. The smallest absolute Gasteiger partial charge is 0.0329 e. The zero-order valence-electron chi connectivity index (χ0n) is 6.83. The third-order valence-electron chi connectivity index (χ3n) is 1.72. The van der Waals surface area contributed by atoms with Gasteiger partial charge in [0.1, 0.15) is 0 Å². The molecule has 0 aromatic heterocycles. The summed E-state index contributed by atoms with van der Waals surface area (Å²) < 4.78 is 1.08. The fourth-order valence-corrected chi connectivity index (χ4v) is 1.29. The molecule has 0 radical (unpaired) electrons. The minimum atomic E-state index is 0.0793. The van der Waals surface area contributed by atoms with Crippen molar-refractivity contribution in [3.63, 3.8) is 0 Å².